The van der Waals surface area contributed by atoms with Crippen LogP contribution in [0.4, 0.5) is 5.82 Å². The zero-order chi connectivity index (χ0) is 14.6. The van der Waals surface area contributed by atoms with Crippen molar-refractivity contribution in [2.75, 3.05) is 11.9 Å². The Morgan fingerprint density at radius 3 is 2.50 bits per heavy atom. The average Bonchev–Trinajstić information content (AvgIpc) is 2.91. The fourth-order valence-electron chi connectivity index (χ4n) is 2.88. The molecule has 0 radical (unpaired) electrons. The standard InChI is InChI=1S/C15H22N4O/c1-3-11-12(9-16)14(19-18-13(11)4-2)17-10-15(20)7-5-6-8-15/h20H,3-8,10H2,1-2H3,(H,17,19). The minimum Gasteiger partial charge on any atom is -0.388 e. The van der Waals surface area contributed by atoms with E-state index in [-0.39, 0.29) is 0 Å². The van der Waals surface area contributed by atoms with Crippen LogP contribution in [0, 0.1) is 11.3 Å². The fraction of sp³-hybridized carbons (Fsp3) is 0.667. The van der Waals surface area contributed by atoms with Crippen molar-refractivity contribution in [2.45, 2.75) is 58.0 Å². The summed E-state index contributed by atoms with van der Waals surface area (Å²) in [7, 11) is 0. The minimum absolute atomic E-state index is 0.436. The molecule has 0 aromatic carbocycles. The summed E-state index contributed by atoms with van der Waals surface area (Å²) in [6.45, 7) is 4.47. The molecule has 1 saturated carbocycles. The van der Waals surface area contributed by atoms with Gasteiger partial charge in [-0.25, -0.2) is 0 Å². The van der Waals surface area contributed by atoms with Crippen LogP contribution in [0.2, 0.25) is 0 Å². The first-order valence-corrected chi connectivity index (χ1v) is 7.38. The van der Waals surface area contributed by atoms with Gasteiger partial charge in [0.05, 0.1) is 11.3 Å². The number of nitrogens with one attached hydrogen (secondary N) is 1. The zero-order valence-corrected chi connectivity index (χ0v) is 12.2. The quantitative estimate of drug-likeness (QED) is 0.860. The Hall–Kier alpha value is -1.67. The lowest BCUT2D eigenvalue weighted by Gasteiger charge is -2.23. The summed E-state index contributed by atoms with van der Waals surface area (Å²) in [5.74, 6) is 0.502. The van der Waals surface area contributed by atoms with Gasteiger partial charge in [0, 0.05) is 6.54 Å². The van der Waals surface area contributed by atoms with Gasteiger partial charge in [-0.15, -0.1) is 5.10 Å². The molecule has 5 nitrogen and oxygen atoms in total. The van der Waals surface area contributed by atoms with Gasteiger partial charge in [-0.05, 0) is 31.2 Å². The summed E-state index contributed by atoms with van der Waals surface area (Å²) in [6.07, 6.45) is 5.27. The average molecular weight is 274 g/mol. The molecular weight excluding hydrogens is 252 g/mol. The third-order valence-corrected chi connectivity index (χ3v) is 4.08. The molecule has 0 bridgehead atoms. The minimum atomic E-state index is -0.662. The van der Waals surface area contributed by atoms with Crippen LogP contribution >= 0.6 is 0 Å². The van der Waals surface area contributed by atoms with Gasteiger partial charge in [-0.3, -0.25) is 0 Å². The van der Waals surface area contributed by atoms with Gasteiger partial charge in [0.25, 0.3) is 0 Å². The lowest BCUT2D eigenvalue weighted by Crippen LogP contribution is -2.34. The maximum absolute atomic E-state index is 10.3. The Morgan fingerprint density at radius 1 is 1.25 bits per heavy atom. The number of aliphatic hydroxyl groups is 1. The second-order valence-corrected chi connectivity index (χ2v) is 5.45. The van der Waals surface area contributed by atoms with Crippen LogP contribution in [0.25, 0.3) is 0 Å². The molecule has 0 saturated heterocycles. The summed E-state index contributed by atoms with van der Waals surface area (Å²) in [4.78, 5) is 0. The van der Waals surface area contributed by atoms with Crippen LogP contribution in [0.1, 0.15) is 56.4 Å². The molecule has 1 aromatic heterocycles. The highest BCUT2D eigenvalue weighted by atomic mass is 16.3. The Morgan fingerprint density at radius 2 is 1.95 bits per heavy atom. The molecule has 20 heavy (non-hydrogen) atoms. The third kappa shape index (κ3) is 2.91. The zero-order valence-electron chi connectivity index (χ0n) is 12.2. The topological polar surface area (TPSA) is 81.8 Å². The van der Waals surface area contributed by atoms with E-state index in [0.717, 1.165) is 49.8 Å². The Labute approximate surface area is 120 Å². The Kier molecular flexibility index (Phi) is 4.56. The summed E-state index contributed by atoms with van der Waals surface area (Å²) in [5, 5.41) is 31.2. The van der Waals surface area contributed by atoms with Crippen LogP contribution in [0.15, 0.2) is 0 Å². The summed E-state index contributed by atoms with van der Waals surface area (Å²) >= 11 is 0. The van der Waals surface area contributed by atoms with Crippen LogP contribution < -0.4 is 5.32 Å². The van der Waals surface area contributed by atoms with E-state index < -0.39 is 5.60 Å². The SMILES string of the molecule is CCc1nnc(NCC2(O)CCCC2)c(C#N)c1CC. The number of nitrogens with zero attached hydrogens (tertiary/aromatic N) is 3. The van der Waals surface area contributed by atoms with E-state index in [1.807, 2.05) is 13.8 Å². The monoisotopic (exact) mass is 274 g/mol. The highest BCUT2D eigenvalue weighted by Crippen LogP contribution is 2.30. The maximum Gasteiger partial charge on any atom is 0.167 e. The Bertz CT molecular complexity index is 515. The second-order valence-electron chi connectivity index (χ2n) is 5.45. The normalized spacial score (nSPS) is 16.9. The van der Waals surface area contributed by atoms with E-state index >= 15 is 0 Å². The molecular formula is C15H22N4O. The van der Waals surface area contributed by atoms with Gasteiger partial charge in [-0.1, -0.05) is 26.7 Å². The number of rotatable bonds is 5. The summed E-state index contributed by atoms with van der Waals surface area (Å²) in [5.41, 5.74) is 1.76. The van der Waals surface area contributed by atoms with E-state index in [1.165, 1.54) is 0 Å². The highest BCUT2D eigenvalue weighted by molar-refractivity contribution is 5.56. The second kappa shape index (κ2) is 6.19. The highest BCUT2D eigenvalue weighted by Gasteiger charge is 2.31. The van der Waals surface area contributed by atoms with Gasteiger partial charge in [0.15, 0.2) is 5.82 Å². The van der Waals surface area contributed by atoms with Crippen molar-refractivity contribution in [3.63, 3.8) is 0 Å². The van der Waals surface area contributed by atoms with Crippen molar-refractivity contribution in [1.82, 2.24) is 10.2 Å². The largest absolute Gasteiger partial charge is 0.388 e. The maximum atomic E-state index is 10.3. The molecule has 1 heterocycles. The van der Waals surface area contributed by atoms with E-state index in [9.17, 15) is 10.4 Å². The van der Waals surface area contributed by atoms with Crippen molar-refractivity contribution >= 4 is 5.82 Å². The van der Waals surface area contributed by atoms with Crippen LogP contribution in [-0.4, -0.2) is 27.4 Å². The lowest BCUT2D eigenvalue weighted by molar-refractivity contribution is 0.0613. The van der Waals surface area contributed by atoms with Crippen molar-refractivity contribution in [3.05, 3.63) is 16.8 Å². The van der Waals surface area contributed by atoms with Gasteiger partial charge >= 0.3 is 0 Å². The number of anilines is 1. The number of hydrogen-bond acceptors (Lipinski definition) is 5. The van der Waals surface area contributed by atoms with Gasteiger partial charge in [0.2, 0.25) is 0 Å². The van der Waals surface area contributed by atoms with Gasteiger partial charge in [0.1, 0.15) is 11.6 Å². The smallest absolute Gasteiger partial charge is 0.167 e. The molecule has 2 rings (SSSR count). The van der Waals surface area contributed by atoms with E-state index in [2.05, 4.69) is 21.6 Å². The molecule has 108 valence electrons. The van der Waals surface area contributed by atoms with Crippen LogP contribution in [0.5, 0.6) is 0 Å². The van der Waals surface area contributed by atoms with E-state index in [1.54, 1.807) is 0 Å². The summed E-state index contributed by atoms with van der Waals surface area (Å²) in [6, 6.07) is 2.23. The number of aromatic nitrogens is 2. The predicted molar refractivity (Wildman–Crippen MR) is 77.4 cm³/mol. The third-order valence-electron chi connectivity index (χ3n) is 4.08. The van der Waals surface area contributed by atoms with E-state index in [4.69, 9.17) is 0 Å². The van der Waals surface area contributed by atoms with Crippen molar-refractivity contribution in [3.8, 4) is 6.07 Å². The molecule has 0 aliphatic heterocycles. The molecule has 1 aliphatic rings. The first-order valence-electron chi connectivity index (χ1n) is 7.38. The number of nitriles is 1. The first kappa shape index (κ1) is 14.7. The van der Waals surface area contributed by atoms with Crippen LogP contribution in [-0.2, 0) is 12.8 Å². The molecule has 1 aromatic rings. The molecule has 0 spiro atoms. The Balaban J connectivity index is 2.21. The first-order chi connectivity index (χ1) is 9.63. The van der Waals surface area contributed by atoms with Crippen molar-refractivity contribution in [1.29, 1.82) is 5.26 Å². The molecule has 2 N–H and O–H groups in total. The molecule has 5 heteroatoms. The van der Waals surface area contributed by atoms with Crippen LogP contribution in [0.3, 0.4) is 0 Å². The molecule has 1 fully saturated rings. The molecule has 0 unspecified atom stereocenters. The molecule has 0 amide bonds. The van der Waals surface area contributed by atoms with Gasteiger partial charge < -0.3 is 10.4 Å². The van der Waals surface area contributed by atoms with E-state index in [0.29, 0.717) is 17.9 Å². The molecule has 1 aliphatic carbocycles. The molecule has 0 atom stereocenters. The fourth-order valence-corrected chi connectivity index (χ4v) is 2.88. The lowest BCUT2D eigenvalue weighted by atomic mass is 10.0. The summed E-state index contributed by atoms with van der Waals surface area (Å²) < 4.78 is 0. The predicted octanol–water partition coefficient (Wildman–Crippen LogP) is 2.19. The number of hydrogen-bond donors (Lipinski definition) is 2. The van der Waals surface area contributed by atoms with Gasteiger partial charge in [-0.2, -0.15) is 10.4 Å². The number of aryl methyl sites for hydroxylation is 1. The van der Waals surface area contributed by atoms with Crippen molar-refractivity contribution in [2.24, 2.45) is 0 Å². The van der Waals surface area contributed by atoms with Crippen molar-refractivity contribution < 1.29 is 5.11 Å².